The first-order chi connectivity index (χ1) is 13.9. The lowest BCUT2D eigenvalue weighted by atomic mass is 10.1. The van der Waals surface area contributed by atoms with Crippen LogP contribution in [0.2, 0.25) is 0 Å². The maximum atomic E-state index is 13.2. The van der Waals surface area contributed by atoms with Crippen molar-refractivity contribution in [3.05, 3.63) is 95.3 Å². The van der Waals surface area contributed by atoms with Gasteiger partial charge in [0.05, 0.1) is 0 Å². The van der Waals surface area contributed by atoms with E-state index < -0.39 is 17.5 Å². The van der Waals surface area contributed by atoms with Gasteiger partial charge in [0.25, 0.3) is 11.8 Å². The van der Waals surface area contributed by atoms with E-state index in [0.717, 1.165) is 17.7 Å². The molecule has 7 heteroatoms. The highest BCUT2D eigenvalue weighted by atomic mass is 19.2. The minimum atomic E-state index is -1.04. The highest BCUT2D eigenvalue weighted by molar-refractivity contribution is 6.05. The summed E-state index contributed by atoms with van der Waals surface area (Å²) in [6.07, 6.45) is 4.13. The molecule has 0 spiro atoms. The van der Waals surface area contributed by atoms with Crippen molar-refractivity contribution in [1.82, 2.24) is 9.88 Å². The molecule has 0 aliphatic carbocycles. The van der Waals surface area contributed by atoms with Gasteiger partial charge in [0.15, 0.2) is 11.6 Å². The molecule has 1 aromatic heterocycles. The largest absolute Gasteiger partial charge is 0.341 e. The SMILES string of the molecule is CN(CCc1ccncc1)C(=O)c1ccc(C(=O)Nc2ccc(F)c(F)c2)cc1. The molecule has 0 bridgehead atoms. The van der Waals surface area contributed by atoms with Gasteiger partial charge >= 0.3 is 0 Å². The average Bonchev–Trinajstić information content (AvgIpc) is 2.75. The number of nitrogens with one attached hydrogen (secondary N) is 1. The molecule has 29 heavy (non-hydrogen) atoms. The molecular formula is C22H19F2N3O2. The normalized spacial score (nSPS) is 10.4. The summed E-state index contributed by atoms with van der Waals surface area (Å²) in [6.45, 7) is 0.543. The molecule has 0 radical (unpaired) electrons. The minimum absolute atomic E-state index is 0.143. The Hall–Kier alpha value is -3.61. The zero-order valence-corrected chi connectivity index (χ0v) is 15.7. The van der Waals surface area contributed by atoms with Crippen LogP contribution in [-0.4, -0.2) is 35.3 Å². The van der Waals surface area contributed by atoms with Gasteiger partial charge < -0.3 is 10.2 Å². The first-order valence-corrected chi connectivity index (χ1v) is 8.95. The topological polar surface area (TPSA) is 62.3 Å². The van der Waals surface area contributed by atoms with E-state index in [1.807, 2.05) is 12.1 Å². The van der Waals surface area contributed by atoms with Crippen LogP contribution in [-0.2, 0) is 6.42 Å². The van der Waals surface area contributed by atoms with Crippen molar-refractivity contribution < 1.29 is 18.4 Å². The first-order valence-electron chi connectivity index (χ1n) is 8.95. The number of aromatic nitrogens is 1. The predicted molar refractivity (Wildman–Crippen MR) is 106 cm³/mol. The van der Waals surface area contributed by atoms with Crippen LogP contribution in [0.15, 0.2) is 67.0 Å². The lowest BCUT2D eigenvalue weighted by molar-refractivity contribution is 0.0796. The molecule has 0 unspecified atom stereocenters. The van der Waals surface area contributed by atoms with Crippen LogP contribution in [0.1, 0.15) is 26.3 Å². The van der Waals surface area contributed by atoms with Gasteiger partial charge in [-0.3, -0.25) is 14.6 Å². The molecule has 0 aliphatic heterocycles. The van der Waals surface area contributed by atoms with Crippen LogP contribution in [0.25, 0.3) is 0 Å². The molecule has 1 heterocycles. The van der Waals surface area contributed by atoms with Gasteiger partial charge in [-0.2, -0.15) is 0 Å². The summed E-state index contributed by atoms with van der Waals surface area (Å²) < 4.78 is 26.2. The molecule has 0 saturated heterocycles. The summed E-state index contributed by atoms with van der Waals surface area (Å²) >= 11 is 0. The van der Waals surface area contributed by atoms with E-state index in [2.05, 4.69) is 10.3 Å². The zero-order chi connectivity index (χ0) is 20.8. The van der Waals surface area contributed by atoms with Gasteiger partial charge in [-0.1, -0.05) is 0 Å². The van der Waals surface area contributed by atoms with Crippen molar-refractivity contribution in [2.75, 3.05) is 18.9 Å². The Balaban J connectivity index is 1.60. The van der Waals surface area contributed by atoms with E-state index in [9.17, 15) is 18.4 Å². The number of nitrogens with zero attached hydrogens (tertiary/aromatic N) is 2. The Morgan fingerprint density at radius 2 is 1.59 bits per heavy atom. The number of amides is 2. The summed E-state index contributed by atoms with van der Waals surface area (Å²) in [5.41, 5.74) is 1.98. The number of carbonyl (C=O) groups excluding carboxylic acids is 2. The number of benzene rings is 2. The van der Waals surface area contributed by atoms with Gasteiger partial charge in [-0.05, 0) is 60.5 Å². The van der Waals surface area contributed by atoms with Crippen LogP contribution in [0, 0.1) is 11.6 Å². The fourth-order valence-corrected chi connectivity index (χ4v) is 2.71. The van der Waals surface area contributed by atoms with Gasteiger partial charge in [0.2, 0.25) is 0 Å². The quantitative estimate of drug-likeness (QED) is 0.688. The molecular weight excluding hydrogens is 376 g/mol. The molecule has 5 nitrogen and oxygen atoms in total. The van der Waals surface area contributed by atoms with Crippen LogP contribution in [0.4, 0.5) is 14.5 Å². The molecule has 1 N–H and O–H groups in total. The van der Waals surface area contributed by atoms with E-state index in [0.29, 0.717) is 24.1 Å². The van der Waals surface area contributed by atoms with Crippen molar-refractivity contribution >= 4 is 17.5 Å². The van der Waals surface area contributed by atoms with Crippen molar-refractivity contribution in [3.8, 4) is 0 Å². The third kappa shape index (κ3) is 5.22. The Morgan fingerprint density at radius 3 is 2.24 bits per heavy atom. The predicted octanol–water partition coefficient (Wildman–Crippen LogP) is 3.93. The molecule has 2 aromatic carbocycles. The van der Waals surface area contributed by atoms with E-state index in [-0.39, 0.29) is 11.6 Å². The molecule has 0 atom stereocenters. The monoisotopic (exact) mass is 395 g/mol. The molecule has 3 aromatic rings. The number of rotatable bonds is 6. The number of likely N-dealkylation sites (N-methyl/N-ethyl adjacent to an activating group) is 1. The fourth-order valence-electron chi connectivity index (χ4n) is 2.71. The average molecular weight is 395 g/mol. The summed E-state index contributed by atoms with van der Waals surface area (Å²) in [5, 5.41) is 2.49. The van der Waals surface area contributed by atoms with Gasteiger partial charge in [0, 0.05) is 48.9 Å². The number of pyridine rings is 1. The summed E-state index contributed by atoms with van der Waals surface area (Å²) in [4.78, 5) is 30.4. The van der Waals surface area contributed by atoms with E-state index in [4.69, 9.17) is 0 Å². The highest BCUT2D eigenvalue weighted by Crippen LogP contribution is 2.15. The Bertz CT molecular complexity index is 1010. The molecule has 148 valence electrons. The number of hydrogen-bond donors (Lipinski definition) is 1. The van der Waals surface area contributed by atoms with Crippen molar-refractivity contribution in [1.29, 1.82) is 0 Å². The standard InChI is InChI=1S/C22H19F2N3O2/c1-27(13-10-15-8-11-25-12-9-15)22(29)17-4-2-16(3-5-17)21(28)26-18-6-7-19(23)20(24)14-18/h2-9,11-12,14H,10,13H2,1H3,(H,26,28). The number of hydrogen-bond acceptors (Lipinski definition) is 3. The lowest BCUT2D eigenvalue weighted by Gasteiger charge is -2.17. The lowest BCUT2D eigenvalue weighted by Crippen LogP contribution is -2.28. The van der Waals surface area contributed by atoms with Crippen molar-refractivity contribution in [2.24, 2.45) is 0 Å². The number of anilines is 1. The number of carbonyl (C=O) groups is 2. The fraction of sp³-hybridized carbons (Fsp3) is 0.136. The molecule has 2 amide bonds. The van der Waals surface area contributed by atoms with Gasteiger partial charge in [0.1, 0.15) is 0 Å². The van der Waals surface area contributed by atoms with Crippen LogP contribution in [0.5, 0.6) is 0 Å². The first kappa shape index (κ1) is 20.1. The second-order valence-electron chi connectivity index (χ2n) is 6.49. The summed E-state index contributed by atoms with van der Waals surface area (Å²) in [5.74, 6) is -2.68. The zero-order valence-electron chi connectivity index (χ0n) is 15.7. The van der Waals surface area contributed by atoms with E-state index in [1.54, 1.807) is 36.5 Å². The maximum Gasteiger partial charge on any atom is 0.255 e. The number of halogens is 2. The smallest absolute Gasteiger partial charge is 0.255 e. The third-order valence-electron chi connectivity index (χ3n) is 4.40. The summed E-state index contributed by atoms with van der Waals surface area (Å²) in [7, 11) is 1.72. The third-order valence-corrected chi connectivity index (χ3v) is 4.40. The van der Waals surface area contributed by atoms with Crippen LogP contribution in [0.3, 0.4) is 0 Å². The second kappa shape index (κ2) is 9.05. The van der Waals surface area contributed by atoms with E-state index in [1.165, 1.54) is 18.2 Å². The van der Waals surface area contributed by atoms with Crippen LogP contribution < -0.4 is 5.32 Å². The second-order valence-corrected chi connectivity index (χ2v) is 6.49. The molecule has 0 fully saturated rings. The van der Waals surface area contributed by atoms with Crippen molar-refractivity contribution in [3.63, 3.8) is 0 Å². The van der Waals surface area contributed by atoms with Crippen LogP contribution >= 0.6 is 0 Å². The van der Waals surface area contributed by atoms with E-state index >= 15 is 0 Å². The van der Waals surface area contributed by atoms with Gasteiger partial charge in [-0.15, -0.1) is 0 Å². The summed E-state index contributed by atoms with van der Waals surface area (Å²) in [6, 6.07) is 13.1. The van der Waals surface area contributed by atoms with Gasteiger partial charge in [-0.25, -0.2) is 8.78 Å². The molecule has 0 saturated carbocycles. The highest BCUT2D eigenvalue weighted by Gasteiger charge is 2.13. The Morgan fingerprint density at radius 1 is 0.931 bits per heavy atom. The molecule has 0 aliphatic rings. The van der Waals surface area contributed by atoms with Crippen molar-refractivity contribution in [2.45, 2.75) is 6.42 Å². The Labute approximate surface area is 167 Å². The maximum absolute atomic E-state index is 13.2. The molecule has 3 rings (SSSR count). The minimum Gasteiger partial charge on any atom is -0.341 e. The Kier molecular flexibility index (Phi) is 6.29.